The fraction of sp³-hybridized carbons (Fsp3) is 0.571. The first-order valence-corrected chi connectivity index (χ1v) is 8.32. The van der Waals surface area contributed by atoms with Crippen LogP contribution in [0.3, 0.4) is 0 Å². The molecule has 1 aromatic carbocycles. The van der Waals surface area contributed by atoms with Crippen molar-refractivity contribution in [3.8, 4) is 0 Å². The van der Waals surface area contributed by atoms with Crippen LogP contribution in [0.4, 0.5) is 0 Å². The van der Waals surface area contributed by atoms with Gasteiger partial charge in [0.1, 0.15) is 0 Å². The van der Waals surface area contributed by atoms with Crippen molar-refractivity contribution in [3.63, 3.8) is 0 Å². The standard InChI is InChI=1S/C14H19NO3S/c1-18-14(7-4-8-14)10-15-12-9-19(16,17)13-6-3-2-5-11(12)13/h2-3,5-6,12,15H,4,7-10H2,1H3. The first-order valence-electron chi connectivity index (χ1n) is 6.67. The lowest BCUT2D eigenvalue weighted by molar-refractivity contribution is -0.0705. The molecule has 19 heavy (non-hydrogen) atoms. The molecule has 0 bridgehead atoms. The SMILES string of the molecule is COC1(CNC2CS(=O)(=O)c3ccccc32)CCC1. The predicted octanol–water partition coefficient (Wildman–Crippen LogP) is 1.67. The fourth-order valence-electron chi connectivity index (χ4n) is 2.95. The number of rotatable bonds is 4. The van der Waals surface area contributed by atoms with Crippen molar-refractivity contribution >= 4 is 9.84 Å². The summed E-state index contributed by atoms with van der Waals surface area (Å²) in [6.07, 6.45) is 3.30. The van der Waals surface area contributed by atoms with Gasteiger partial charge in [-0.3, -0.25) is 0 Å². The first-order chi connectivity index (χ1) is 9.06. The van der Waals surface area contributed by atoms with Gasteiger partial charge in [-0.15, -0.1) is 0 Å². The molecule has 1 aromatic rings. The third-order valence-electron chi connectivity index (χ3n) is 4.38. The molecule has 0 amide bonds. The summed E-state index contributed by atoms with van der Waals surface area (Å²) in [7, 11) is -1.38. The maximum Gasteiger partial charge on any atom is 0.180 e. The lowest BCUT2D eigenvalue weighted by Gasteiger charge is -2.41. The molecule has 104 valence electrons. The van der Waals surface area contributed by atoms with Crippen LogP contribution in [-0.2, 0) is 14.6 Å². The molecule has 0 aromatic heterocycles. The van der Waals surface area contributed by atoms with E-state index in [1.807, 2.05) is 12.1 Å². The minimum atomic E-state index is -3.12. The van der Waals surface area contributed by atoms with Gasteiger partial charge in [0.15, 0.2) is 9.84 Å². The van der Waals surface area contributed by atoms with E-state index in [-0.39, 0.29) is 17.4 Å². The summed E-state index contributed by atoms with van der Waals surface area (Å²) in [6, 6.07) is 7.17. The van der Waals surface area contributed by atoms with Crippen LogP contribution in [0.1, 0.15) is 30.9 Å². The molecule has 2 aliphatic rings. The Kier molecular flexibility index (Phi) is 3.15. The lowest BCUT2D eigenvalue weighted by atomic mass is 9.80. The van der Waals surface area contributed by atoms with Crippen LogP contribution in [-0.4, -0.2) is 33.4 Å². The predicted molar refractivity (Wildman–Crippen MR) is 72.8 cm³/mol. The van der Waals surface area contributed by atoms with Crippen LogP contribution in [0, 0.1) is 0 Å². The highest BCUT2D eigenvalue weighted by Gasteiger charge is 2.40. The second-order valence-electron chi connectivity index (χ2n) is 5.49. The van der Waals surface area contributed by atoms with Crippen LogP contribution in [0.5, 0.6) is 0 Å². The Morgan fingerprint density at radius 2 is 2.11 bits per heavy atom. The largest absolute Gasteiger partial charge is 0.377 e. The van der Waals surface area contributed by atoms with E-state index >= 15 is 0 Å². The molecule has 0 radical (unpaired) electrons. The Bertz CT molecular complexity index is 573. The number of methoxy groups -OCH3 is 1. The van der Waals surface area contributed by atoms with Crippen LogP contribution in [0.15, 0.2) is 29.2 Å². The van der Waals surface area contributed by atoms with Crippen molar-refractivity contribution in [2.45, 2.75) is 35.8 Å². The smallest absolute Gasteiger partial charge is 0.180 e. The number of sulfone groups is 1. The van der Waals surface area contributed by atoms with E-state index in [1.165, 1.54) is 6.42 Å². The van der Waals surface area contributed by atoms with Gasteiger partial charge in [0, 0.05) is 19.7 Å². The Balaban J connectivity index is 1.77. The molecule has 1 fully saturated rings. The molecule has 1 aliphatic heterocycles. The monoisotopic (exact) mass is 281 g/mol. The van der Waals surface area contributed by atoms with Gasteiger partial charge in [-0.2, -0.15) is 0 Å². The van der Waals surface area contributed by atoms with Gasteiger partial charge in [0.25, 0.3) is 0 Å². The summed E-state index contributed by atoms with van der Waals surface area (Å²) in [4.78, 5) is 0.479. The average Bonchev–Trinajstić information content (AvgIpc) is 2.61. The maximum absolute atomic E-state index is 12.1. The van der Waals surface area contributed by atoms with E-state index in [1.54, 1.807) is 19.2 Å². The van der Waals surface area contributed by atoms with E-state index in [0.29, 0.717) is 4.90 Å². The Labute approximate surface area is 114 Å². The van der Waals surface area contributed by atoms with Crippen molar-refractivity contribution in [1.29, 1.82) is 0 Å². The third-order valence-corrected chi connectivity index (χ3v) is 6.20. The number of hydrogen-bond acceptors (Lipinski definition) is 4. The molecule has 1 aliphatic carbocycles. The molecule has 4 nitrogen and oxygen atoms in total. The zero-order chi connectivity index (χ0) is 13.5. The zero-order valence-electron chi connectivity index (χ0n) is 11.1. The average molecular weight is 281 g/mol. The normalized spacial score (nSPS) is 26.7. The minimum Gasteiger partial charge on any atom is -0.377 e. The fourth-order valence-corrected chi connectivity index (χ4v) is 4.72. The molecule has 0 spiro atoms. The van der Waals surface area contributed by atoms with Crippen LogP contribution < -0.4 is 5.32 Å². The number of fused-ring (bicyclic) bond motifs is 1. The molecule has 0 saturated heterocycles. The highest BCUT2D eigenvalue weighted by molar-refractivity contribution is 7.91. The Morgan fingerprint density at radius 3 is 2.74 bits per heavy atom. The summed E-state index contributed by atoms with van der Waals surface area (Å²) >= 11 is 0. The van der Waals surface area contributed by atoms with Crippen molar-refractivity contribution < 1.29 is 13.2 Å². The first kappa shape index (κ1) is 13.1. The van der Waals surface area contributed by atoms with Gasteiger partial charge in [-0.25, -0.2) is 8.42 Å². The van der Waals surface area contributed by atoms with E-state index in [4.69, 9.17) is 4.74 Å². The van der Waals surface area contributed by atoms with Crippen LogP contribution >= 0.6 is 0 Å². The van der Waals surface area contributed by atoms with Crippen molar-refractivity contribution in [2.24, 2.45) is 0 Å². The van der Waals surface area contributed by atoms with E-state index in [2.05, 4.69) is 5.32 Å². The topological polar surface area (TPSA) is 55.4 Å². The Morgan fingerprint density at radius 1 is 1.37 bits per heavy atom. The summed E-state index contributed by atoms with van der Waals surface area (Å²) in [5.74, 6) is 0.159. The number of ether oxygens (including phenoxy) is 1. The molecule has 3 rings (SSSR count). The molecule has 5 heteroatoms. The number of benzene rings is 1. The zero-order valence-corrected chi connectivity index (χ0v) is 11.9. The number of hydrogen-bond donors (Lipinski definition) is 1. The quantitative estimate of drug-likeness (QED) is 0.912. The summed E-state index contributed by atoms with van der Waals surface area (Å²) in [5, 5.41) is 3.38. The minimum absolute atomic E-state index is 0.0820. The highest BCUT2D eigenvalue weighted by Crippen LogP contribution is 2.37. The van der Waals surface area contributed by atoms with Gasteiger partial charge in [0.2, 0.25) is 0 Å². The molecular weight excluding hydrogens is 262 g/mol. The second kappa shape index (κ2) is 4.58. The maximum atomic E-state index is 12.1. The van der Waals surface area contributed by atoms with Gasteiger partial charge in [0.05, 0.1) is 16.2 Å². The molecule has 1 saturated carbocycles. The van der Waals surface area contributed by atoms with Crippen molar-refractivity contribution in [3.05, 3.63) is 29.8 Å². The molecule has 1 unspecified atom stereocenters. The van der Waals surface area contributed by atoms with Crippen LogP contribution in [0.25, 0.3) is 0 Å². The van der Waals surface area contributed by atoms with Gasteiger partial charge in [-0.1, -0.05) is 18.2 Å². The lowest BCUT2D eigenvalue weighted by Crippen LogP contribution is -2.48. The van der Waals surface area contributed by atoms with E-state index < -0.39 is 9.84 Å². The second-order valence-corrected chi connectivity index (χ2v) is 7.50. The molecular formula is C14H19NO3S. The van der Waals surface area contributed by atoms with E-state index in [0.717, 1.165) is 24.9 Å². The third kappa shape index (κ3) is 2.20. The highest BCUT2D eigenvalue weighted by atomic mass is 32.2. The van der Waals surface area contributed by atoms with Gasteiger partial charge < -0.3 is 10.1 Å². The van der Waals surface area contributed by atoms with Crippen LogP contribution in [0.2, 0.25) is 0 Å². The van der Waals surface area contributed by atoms with Gasteiger partial charge >= 0.3 is 0 Å². The summed E-state index contributed by atoms with van der Waals surface area (Å²) in [6.45, 7) is 0.720. The van der Waals surface area contributed by atoms with Crippen molar-refractivity contribution in [1.82, 2.24) is 5.32 Å². The number of nitrogens with one attached hydrogen (secondary N) is 1. The summed E-state index contributed by atoms with van der Waals surface area (Å²) < 4.78 is 29.7. The van der Waals surface area contributed by atoms with E-state index in [9.17, 15) is 8.42 Å². The molecule has 1 atom stereocenters. The Hall–Kier alpha value is -0.910. The van der Waals surface area contributed by atoms with Crippen molar-refractivity contribution in [2.75, 3.05) is 19.4 Å². The molecule has 1 N–H and O–H groups in total. The summed E-state index contributed by atoms with van der Waals surface area (Å²) in [5.41, 5.74) is 0.814. The molecule has 1 heterocycles. The van der Waals surface area contributed by atoms with Gasteiger partial charge in [-0.05, 0) is 30.9 Å².